The Labute approximate surface area is 204 Å². The third-order valence-corrected chi connectivity index (χ3v) is 4.51. The van der Waals surface area contributed by atoms with E-state index in [1.54, 1.807) is 44.2 Å². The van der Waals surface area contributed by atoms with Crippen LogP contribution >= 0.6 is 46.4 Å². The minimum Gasteiger partial charge on any atom is -0.409 e. The second-order valence-corrected chi connectivity index (χ2v) is 7.44. The van der Waals surface area contributed by atoms with E-state index in [2.05, 4.69) is 43.1 Å². The number of carbonyl (C=O) groups is 2. The van der Waals surface area contributed by atoms with Gasteiger partial charge in [-0.2, -0.15) is 15.4 Å². The molecule has 33 heavy (non-hydrogen) atoms. The van der Waals surface area contributed by atoms with Crippen LogP contribution in [0.5, 0.6) is 5.75 Å². The summed E-state index contributed by atoms with van der Waals surface area (Å²) in [5, 5.41) is 19.5. The van der Waals surface area contributed by atoms with Crippen LogP contribution in [0.25, 0.3) is 5.65 Å². The first kappa shape index (κ1) is 26.2. The summed E-state index contributed by atoms with van der Waals surface area (Å²) in [5.41, 5.74) is 3.22. The molecule has 0 spiro atoms. The van der Waals surface area contributed by atoms with Gasteiger partial charge in [-0.05, 0) is 49.2 Å². The zero-order valence-electron chi connectivity index (χ0n) is 16.7. The molecule has 0 unspecified atom stereocenters. The fourth-order valence-corrected chi connectivity index (χ4v) is 2.55. The zero-order chi connectivity index (χ0) is 24.7. The molecule has 0 aliphatic carbocycles. The van der Waals surface area contributed by atoms with Crippen LogP contribution in [0.3, 0.4) is 0 Å². The summed E-state index contributed by atoms with van der Waals surface area (Å²) in [6.45, 7) is 3.32. The van der Waals surface area contributed by atoms with E-state index in [4.69, 9.17) is 37.9 Å². The van der Waals surface area contributed by atoms with Crippen LogP contribution in [0.4, 0.5) is 15.4 Å². The van der Waals surface area contributed by atoms with Gasteiger partial charge in [0.15, 0.2) is 11.5 Å². The highest BCUT2D eigenvalue weighted by molar-refractivity contribution is 6.93. The molecule has 16 heteroatoms. The van der Waals surface area contributed by atoms with Crippen LogP contribution in [0.2, 0.25) is 10.0 Å². The van der Waals surface area contributed by atoms with Crippen LogP contribution in [-0.2, 0) is 0 Å². The molecule has 3 aromatic heterocycles. The maximum absolute atomic E-state index is 11.8. The van der Waals surface area contributed by atoms with Gasteiger partial charge in [-0.25, -0.2) is 9.59 Å². The summed E-state index contributed by atoms with van der Waals surface area (Å²) >= 11 is 20.4. The van der Waals surface area contributed by atoms with Crippen molar-refractivity contribution in [1.82, 2.24) is 24.6 Å². The molecule has 1 aromatic carbocycles. The average molecular weight is 540 g/mol. The molecule has 4 aromatic rings. The van der Waals surface area contributed by atoms with Crippen LogP contribution < -0.4 is 16.0 Å². The summed E-state index contributed by atoms with van der Waals surface area (Å²) in [7, 11) is 0. The van der Waals surface area contributed by atoms with Crippen LogP contribution in [0.15, 0.2) is 39.6 Å². The SMILES string of the molecule is Cc1nn(C(=O)Oc2ccccc2)c(NO)c1Cl.Cc1nn2c(=O)o[nH]c2c1Cl.O=C(Cl)Cl. The van der Waals surface area contributed by atoms with Crippen molar-refractivity contribution < 1.29 is 24.1 Å². The lowest BCUT2D eigenvalue weighted by molar-refractivity contribution is 0.198. The van der Waals surface area contributed by atoms with Crippen molar-refractivity contribution in [1.29, 1.82) is 0 Å². The third-order valence-electron chi connectivity index (χ3n) is 3.61. The first-order valence-corrected chi connectivity index (χ1v) is 10.1. The molecule has 3 N–H and O–H groups in total. The summed E-state index contributed by atoms with van der Waals surface area (Å²) < 4.78 is 10.5. The van der Waals surface area contributed by atoms with E-state index < -0.39 is 16.6 Å². The van der Waals surface area contributed by atoms with Gasteiger partial charge in [-0.3, -0.25) is 15.5 Å². The van der Waals surface area contributed by atoms with Gasteiger partial charge in [-0.1, -0.05) is 41.4 Å². The van der Waals surface area contributed by atoms with Gasteiger partial charge in [0.1, 0.15) is 15.8 Å². The van der Waals surface area contributed by atoms with Crippen LogP contribution in [0, 0.1) is 13.8 Å². The summed E-state index contributed by atoms with van der Waals surface area (Å²) in [4.78, 5) is 31.6. The number of fused-ring (bicyclic) bond motifs is 1. The van der Waals surface area contributed by atoms with E-state index in [-0.39, 0.29) is 10.8 Å². The number of halogens is 4. The van der Waals surface area contributed by atoms with Gasteiger partial charge in [0.25, 0.3) is 0 Å². The Hall–Kier alpha value is -3.03. The first-order valence-electron chi connectivity index (χ1n) is 8.56. The number of rotatable bonds is 2. The predicted octanol–water partition coefficient (Wildman–Crippen LogP) is 4.85. The molecule has 4 rings (SSSR count). The number of aromatic amines is 1. The molecule has 0 radical (unpaired) electrons. The summed E-state index contributed by atoms with van der Waals surface area (Å²) in [6.07, 6.45) is -0.771. The lowest BCUT2D eigenvalue weighted by Gasteiger charge is -2.05. The number of aromatic nitrogens is 5. The Morgan fingerprint density at radius 1 is 1.09 bits per heavy atom. The Balaban J connectivity index is 0.000000217. The first-order chi connectivity index (χ1) is 15.6. The molecular formula is C17H14Cl4N6O6. The number of H-pyrrole nitrogens is 1. The van der Waals surface area contributed by atoms with Gasteiger partial charge >= 0.3 is 16.6 Å². The van der Waals surface area contributed by atoms with Gasteiger partial charge < -0.3 is 9.26 Å². The molecule has 0 saturated carbocycles. The van der Waals surface area contributed by atoms with Gasteiger partial charge in [0, 0.05) is 0 Å². The lowest BCUT2D eigenvalue weighted by atomic mass is 10.3. The minimum absolute atomic E-state index is 0.0323. The molecule has 0 aliphatic heterocycles. The van der Waals surface area contributed by atoms with Crippen molar-refractivity contribution >= 4 is 68.7 Å². The Kier molecular flexibility index (Phi) is 9.32. The second kappa shape index (κ2) is 11.7. The fourth-order valence-electron chi connectivity index (χ4n) is 2.23. The van der Waals surface area contributed by atoms with Crippen molar-refractivity contribution in [2.75, 3.05) is 5.48 Å². The highest BCUT2D eigenvalue weighted by atomic mass is 35.5. The molecule has 0 fully saturated rings. The summed E-state index contributed by atoms with van der Waals surface area (Å²) in [6, 6.07) is 8.51. The number of benzene rings is 1. The molecule has 12 nitrogen and oxygen atoms in total. The standard InChI is InChI=1S/C11H10ClN3O3.C5H4ClN3O2.CCl2O/c1-7-9(12)10(14-17)15(13-7)11(16)18-8-5-3-2-4-6-8;1-2-3(6)4-8-11-5(10)9(4)7-2;2-1(3)4/h2-6,14,17H,1H3;8H,1H3;. The summed E-state index contributed by atoms with van der Waals surface area (Å²) in [5.74, 6) is -0.222. The Morgan fingerprint density at radius 2 is 1.67 bits per heavy atom. The van der Waals surface area contributed by atoms with Crippen molar-refractivity contribution in [3.05, 3.63) is 62.3 Å². The number of carbonyl (C=O) groups excluding carboxylic acids is 2. The molecular weight excluding hydrogens is 526 g/mol. The molecule has 176 valence electrons. The van der Waals surface area contributed by atoms with Crippen LogP contribution in [0.1, 0.15) is 11.4 Å². The van der Waals surface area contributed by atoms with Crippen molar-refractivity contribution in [2.45, 2.75) is 13.8 Å². The minimum atomic E-state index is -0.889. The predicted molar refractivity (Wildman–Crippen MR) is 120 cm³/mol. The number of hydrogen-bond acceptors (Lipinski definition) is 9. The molecule has 3 heterocycles. The number of nitrogens with zero attached hydrogens (tertiary/aromatic N) is 4. The zero-order valence-corrected chi connectivity index (χ0v) is 19.7. The number of aryl methyl sites for hydroxylation is 2. The topological polar surface area (TPSA) is 157 Å². The highest BCUT2D eigenvalue weighted by Crippen LogP contribution is 2.25. The molecule has 0 saturated heterocycles. The third kappa shape index (κ3) is 6.73. The fraction of sp³-hybridized carbons (Fsp3) is 0.118. The van der Waals surface area contributed by atoms with E-state index >= 15 is 0 Å². The van der Waals surface area contributed by atoms with E-state index in [9.17, 15) is 9.59 Å². The van der Waals surface area contributed by atoms with Crippen molar-refractivity contribution in [2.24, 2.45) is 0 Å². The smallest absolute Gasteiger partial charge is 0.409 e. The van der Waals surface area contributed by atoms with Gasteiger partial charge in [-0.15, -0.1) is 9.20 Å². The van der Waals surface area contributed by atoms with Crippen molar-refractivity contribution in [3.63, 3.8) is 0 Å². The maximum atomic E-state index is 11.8. The van der Waals surface area contributed by atoms with Crippen LogP contribution in [-0.4, -0.2) is 40.6 Å². The maximum Gasteiger partial charge on any atom is 0.461 e. The second-order valence-electron chi connectivity index (χ2n) is 5.81. The molecule has 0 aliphatic rings. The average Bonchev–Trinajstić information content (AvgIpc) is 3.37. The molecule has 0 atom stereocenters. The molecule has 0 bridgehead atoms. The number of hydrogen-bond donors (Lipinski definition) is 3. The van der Waals surface area contributed by atoms with E-state index in [0.717, 1.165) is 9.20 Å². The van der Waals surface area contributed by atoms with E-state index in [0.29, 0.717) is 27.8 Å². The number of para-hydroxylation sites is 1. The molecule has 0 amide bonds. The Morgan fingerprint density at radius 3 is 2.21 bits per heavy atom. The normalized spacial score (nSPS) is 10.0. The van der Waals surface area contributed by atoms with E-state index in [1.165, 1.54) is 0 Å². The largest absolute Gasteiger partial charge is 0.461 e. The van der Waals surface area contributed by atoms with Crippen molar-refractivity contribution in [3.8, 4) is 5.75 Å². The van der Waals surface area contributed by atoms with E-state index in [1.807, 2.05) is 5.48 Å². The van der Waals surface area contributed by atoms with Gasteiger partial charge in [0.2, 0.25) is 0 Å². The number of anilines is 1. The lowest BCUT2D eigenvalue weighted by Crippen LogP contribution is -2.20. The Bertz CT molecular complexity index is 1310. The monoisotopic (exact) mass is 538 g/mol. The number of nitrogens with one attached hydrogen (secondary N) is 2. The van der Waals surface area contributed by atoms with Gasteiger partial charge in [0.05, 0.1) is 11.4 Å². The number of ether oxygens (including phenoxy) is 1. The highest BCUT2D eigenvalue weighted by Gasteiger charge is 2.19. The quantitative estimate of drug-likeness (QED) is 0.239.